The zero-order valence-corrected chi connectivity index (χ0v) is 16.8. The van der Waals surface area contributed by atoms with Crippen LogP contribution < -0.4 is 0 Å². The van der Waals surface area contributed by atoms with Crippen molar-refractivity contribution in [2.24, 2.45) is 0 Å². The van der Waals surface area contributed by atoms with Crippen molar-refractivity contribution in [3.63, 3.8) is 0 Å². The summed E-state index contributed by atoms with van der Waals surface area (Å²) in [5.74, 6) is -0.160. The van der Waals surface area contributed by atoms with E-state index in [4.69, 9.17) is 4.74 Å². The molecule has 1 aromatic carbocycles. The van der Waals surface area contributed by atoms with Gasteiger partial charge in [0.1, 0.15) is 10.5 Å². The van der Waals surface area contributed by atoms with E-state index in [9.17, 15) is 4.79 Å². The fraction of sp³-hybridized carbons (Fsp3) is 0.591. The highest BCUT2D eigenvalue weighted by atomic mass is 32.2. The lowest BCUT2D eigenvalue weighted by molar-refractivity contribution is -0.137. The van der Waals surface area contributed by atoms with Crippen LogP contribution in [0, 0.1) is 0 Å². The quantitative estimate of drug-likeness (QED) is 0.423. The Labute approximate surface area is 155 Å². The molecule has 0 saturated carbocycles. The molecule has 2 saturated heterocycles. The van der Waals surface area contributed by atoms with Crippen molar-refractivity contribution < 1.29 is 9.53 Å². The molecule has 1 aromatic rings. The van der Waals surface area contributed by atoms with Crippen LogP contribution in [0.3, 0.4) is 0 Å². The zero-order valence-electron chi connectivity index (χ0n) is 16.0. The van der Waals surface area contributed by atoms with Crippen LogP contribution in [-0.4, -0.2) is 23.1 Å². The number of carbonyl (C=O) groups excluding carboxylic acids is 1. The van der Waals surface area contributed by atoms with E-state index in [2.05, 4.69) is 45.0 Å². The van der Waals surface area contributed by atoms with Gasteiger partial charge >= 0.3 is 5.97 Å². The number of carbonyl (C=O) groups is 1. The van der Waals surface area contributed by atoms with E-state index in [-0.39, 0.29) is 11.4 Å². The number of hydrogen-bond acceptors (Lipinski definition) is 2. The predicted octanol–water partition coefficient (Wildman–Crippen LogP) is 5.17. The largest absolute Gasteiger partial charge is 0.463 e. The van der Waals surface area contributed by atoms with E-state index >= 15 is 0 Å². The van der Waals surface area contributed by atoms with Gasteiger partial charge in [-0.15, -0.1) is 0 Å². The third-order valence-corrected chi connectivity index (χ3v) is 8.41. The van der Waals surface area contributed by atoms with E-state index in [1.807, 2.05) is 6.92 Å². The molecule has 2 atom stereocenters. The first-order chi connectivity index (χ1) is 11.9. The van der Waals surface area contributed by atoms with Gasteiger partial charge in [-0.1, -0.05) is 38.5 Å². The number of benzene rings is 1. The molecule has 2 fully saturated rings. The van der Waals surface area contributed by atoms with Crippen LogP contribution in [0.15, 0.2) is 40.8 Å². The number of rotatable bonds is 3. The number of hydrogen-bond donors (Lipinski definition) is 0. The Balaban J connectivity index is 1.79. The maximum Gasteiger partial charge on any atom is 0.330 e. The van der Waals surface area contributed by atoms with Crippen molar-refractivity contribution in [2.75, 3.05) is 6.61 Å². The van der Waals surface area contributed by atoms with Crippen LogP contribution in [-0.2, 0) is 25.8 Å². The highest BCUT2D eigenvalue weighted by Gasteiger charge is 2.47. The van der Waals surface area contributed by atoms with Gasteiger partial charge in [-0.25, -0.2) is 4.79 Å². The fourth-order valence-electron chi connectivity index (χ4n) is 4.12. The molecule has 0 aliphatic carbocycles. The maximum absolute atomic E-state index is 11.8. The van der Waals surface area contributed by atoms with Crippen molar-refractivity contribution in [3.8, 4) is 0 Å². The number of allylic oxidation sites excluding steroid dienone is 1. The van der Waals surface area contributed by atoms with Crippen molar-refractivity contribution in [1.82, 2.24) is 0 Å². The first-order valence-corrected chi connectivity index (χ1v) is 10.9. The van der Waals surface area contributed by atoms with Gasteiger partial charge in [0.15, 0.2) is 4.90 Å². The van der Waals surface area contributed by atoms with Gasteiger partial charge < -0.3 is 4.74 Å². The lowest BCUT2D eigenvalue weighted by Gasteiger charge is -2.36. The van der Waals surface area contributed by atoms with Crippen LogP contribution in [0.5, 0.6) is 0 Å². The van der Waals surface area contributed by atoms with Crippen LogP contribution in [0.2, 0.25) is 0 Å². The summed E-state index contributed by atoms with van der Waals surface area (Å²) in [5.41, 5.74) is 2.92. The van der Waals surface area contributed by atoms with Crippen molar-refractivity contribution in [3.05, 3.63) is 41.5 Å². The zero-order chi connectivity index (χ0) is 18.0. The lowest BCUT2D eigenvalue weighted by atomic mass is 9.87. The normalized spacial score (nSPS) is 26.2. The van der Waals surface area contributed by atoms with Crippen LogP contribution >= 0.6 is 0 Å². The molecule has 2 aliphatic heterocycles. The Morgan fingerprint density at radius 1 is 1.16 bits per heavy atom. The fourth-order valence-corrected chi connectivity index (χ4v) is 7.51. The summed E-state index contributed by atoms with van der Waals surface area (Å²) in [6, 6.07) is 9.38. The molecule has 0 spiro atoms. The molecule has 2 nitrogen and oxygen atoms in total. The third-order valence-electron chi connectivity index (χ3n) is 5.35. The second-order valence-corrected chi connectivity index (χ2v) is 10.8. The van der Waals surface area contributed by atoms with Gasteiger partial charge in [0.2, 0.25) is 0 Å². The van der Waals surface area contributed by atoms with Crippen molar-refractivity contribution in [2.45, 2.75) is 80.6 Å². The summed E-state index contributed by atoms with van der Waals surface area (Å²) >= 11 is 0. The molecule has 136 valence electrons. The van der Waals surface area contributed by atoms with Gasteiger partial charge in [0.05, 0.1) is 6.61 Å². The Bertz CT molecular complexity index is 623. The highest BCUT2D eigenvalue weighted by Crippen LogP contribution is 2.44. The summed E-state index contributed by atoms with van der Waals surface area (Å²) in [6.07, 6.45) is 7.84. The molecule has 2 aliphatic rings. The first kappa shape index (κ1) is 18.6. The average molecular weight is 360 g/mol. The Morgan fingerprint density at radius 2 is 1.76 bits per heavy atom. The molecule has 2 bridgehead atoms. The summed E-state index contributed by atoms with van der Waals surface area (Å²) in [7, 11) is 0.329. The van der Waals surface area contributed by atoms with Gasteiger partial charge in [0.25, 0.3) is 0 Å². The number of ether oxygens (including phenoxy) is 1. The summed E-state index contributed by atoms with van der Waals surface area (Å²) < 4.78 is 5.11. The topological polar surface area (TPSA) is 26.3 Å². The lowest BCUT2D eigenvalue weighted by Crippen LogP contribution is -2.41. The van der Waals surface area contributed by atoms with E-state index < -0.39 is 0 Å². The molecule has 0 amide bonds. The standard InChI is InChI=1S/C22H31O2S/c1-5-24-21(23)15-16-13-19-7-6-8-20(14-16)25(19)18-11-9-17(10-12-18)22(2,3)4/h9-12,15,19-20H,5-8,13-14H2,1-4H3/q+1. The first-order valence-electron chi connectivity index (χ1n) is 9.57. The highest BCUT2D eigenvalue weighted by molar-refractivity contribution is 7.98. The Kier molecular flexibility index (Phi) is 5.62. The minimum atomic E-state index is -0.160. The molecule has 0 aromatic heterocycles. The van der Waals surface area contributed by atoms with E-state index in [0.717, 1.165) is 12.8 Å². The molecule has 0 radical (unpaired) electrons. The van der Waals surface area contributed by atoms with Crippen molar-refractivity contribution in [1.29, 1.82) is 0 Å². The van der Waals surface area contributed by atoms with Gasteiger partial charge in [-0.05, 0) is 49.3 Å². The molecule has 2 unspecified atom stereocenters. The molecule has 3 heteroatoms. The van der Waals surface area contributed by atoms with Gasteiger partial charge in [-0.2, -0.15) is 0 Å². The minimum absolute atomic E-state index is 0.160. The van der Waals surface area contributed by atoms with Crippen molar-refractivity contribution >= 4 is 16.9 Å². The van der Waals surface area contributed by atoms with Crippen LogP contribution in [0.25, 0.3) is 0 Å². The Morgan fingerprint density at radius 3 is 2.28 bits per heavy atom. The Hall–Kier alpha value is -1.22. The van der Waals surface area contributed by atoms with E-state index in [1.165, 1.54) is 35.3 Å². The maximum atomic E-state index is 11.8. The van der Waals surface area contributed by atoms with Crippen LogP contribution in [0.1, 0.15) is 65.4 Å². The van der Waals surface area contributed by atoms with E-state index in [0.29, 0.717) is 28.0 Å². The monoisotopic (exact) mass is 359 g/mol. The summed E-state index contributed by atoms with van der Waals surface area (Å²) in [6.45, 7) is 9.13. The summed E-state index contributed by atoms with van der Waals surface area (Å²) in [5, 5.41) is 1.40. The second kappa shape index (κ2) is 7.57. The predicted molar refractivity (Wildman–Crippen MR) is 106 cm³/mol. The van der Waals surface area contributed by atoms with Gasteiger partial charge in [-0.3, -0.25) is 0 Å². The molecule has 25 heavy (non-hydrogen) atoms. The molecule has 0 N–H and O–H groups in total. The average Bonchev–Trinajstić information content (AvgIpc) is 2.53. The SMILES string of the molecule is CCOC(=O)C=C1CC2CCCC(C1)[S+]2c1ccc(C(C)(C)C)cc1. The molecular formula is C22H31O2S+. The molecule has 2 heterocycles. The number of esters is 1. The molecule has 3 rings (SSSR count). The van der Waals surface area contributed by atoms with E-state index in [1.54, 1.807) is 6.08 Å². The van der Waals surface area contributed by atoms with Gasteiger partial charge in [0, 0.05) is 29.8 Å². The third kappa shape index (κ3) is 4.31. The number of fused-ring (bicyclic) bond motifs is 2. The smallest absolute Gasteiger partial charge is 0.330 e. The molecular weight excluding hydrogens is 328 g/mol. The second-order valence-electron chi connectivity index (χ2n) is 8.28. The summed E-state index contributed by atoms with van der Waals surface area (Å²) in [4.78, 5) is 13.3. The van der Waals surface area contributed by atoms with Crippen LogP contribution in [0.4, 0.5) is 0 Å². The minimum Gasteiger partial charge on any atom is -0.463 e.